The normalized spacial score (nSPS) is 17.0. The number of hydrogen-bond acceptors (Lipinski definition) is 4. The van der Waals surface area contributed by atoms with Gasteiger partial charge in [0, 0.05) is 30.8 Å². The fraction of sp³-hybridized carbons (Fsp3) is 0.462. The molecule has 0 amide bonds. The van der Waals surface area contributed by atoms with E-state index in [9.17, 15) is 9.90 Å². The maximum Gasteiger partial charge on any atom is 0.159 e. The molecule has 0 unspecified atom stereocenters. The third-order valence-electron chi connectivity index (χ3n) is 2.98. The summed E-state index contributed by atoms with van der Waals surface area (Å²) in [5, 5.41) is 9.78. The highest BCUT2D eigenvalue weighted by atomic mass is 16.5. The molecule has 4 nitrogen and oxygen atoms in total. The van der Waals surface area contributed by atoms with E-state index in [4.69, 9.17) is 4.74 Å². The fourth-order valence-electron chi connectivity index (χ4n) is 1.93. The molecular weight excluding hydrogens is 218 g/mol. The van der Waals surface area contributed by atoms with Gasteiger partial charge in [0.1, 0.15) is 5.75 Å². The minimum atomic E-state index is 0.0215. The van der Waals surface area contributed by atoms with Gasteiger partial charge in [0.2, 0.25) is 0 Å². The van der Waals surface area contributed by atoms with Crippen LogP contribution < -0.4 is 0 Å². The third-order valence-corrected chi connectivity index (χ3v) is 2.98. The first-order valence-electron chi connectivity index (χ1n) is 5.80. The summed E-state index contributed by atoms with van der Waals surface area (Å²) in [6.45, 7) is 5.38. The molecule has 1 N–H and O–H groups in total. The number of Topliss-reactive ketones (excluding diaryl/α,β-unsaturated/α-hetero) is 1. The van der Waals surface area contributed by atoms with Crippen molar-refractivity contribution in [1.29, 1.82) is 0 Å². The lowest BCUT2D eigenvalue weighted by molar-refractivity contribution is 0.0338. The van der Waals surface area contributed by atoms with E-state index in [1.807, 2.05) is 0 Å². The Kier molecular flexibility index (Phi) is 3.76. The monoisotopic (exact) mass is 235 g/mol. The Bertz CT molecular complexity index is 411. The molecule has 1 aliphatic heterocycles. The minimum Gasteiger partial charge on any atom is -0.508 e. The number of ether oxygens (including phenoxy) is 1. The van der Waals surface area contributed by atoms with Crippen molar-refractivity contribution in [2.75, 3.05) is 26.3 Å². The van der Waals surface area contributed by atoms with Gasteiger partial charge in [-0.2, -0.15) is 0 Å². The largest absolute Gasteiger partial charge is 0.508 e. The zero-order chi connectivity index (χ0) is 12.3. The van der Waals surface area contributed by atoms with Crippen LogP contribution in [0.5, 0.6) is 5.75 Å². The predicted molar refractivity (Wildman–Crippen MR) is 64.2 cm³/mol. The highest BCUT2D eigenvalue weighted by Crippen LogP contribution is 2.21. The number of carbonyl (C=O) groups is 1. The van der Waals surface area contributed by atoms with E-state index in [0.717, 1.165) is 31.9 Å². The summed E-state index contributed by atoms with van der Waals surface area (Å²) < 4.78 is 5.27. The number of ketones is 1. The summed E-state index contributed by atoms with van der Waals surface area (Å²) in [4.78, 5) is 13.5. The summed E-state index contributed by atoms with van der Waals surface area (Å²) in [7, 11) is 0. The maximum atomic E-state index is 11.3. The lowest BCUT2D eigenvalue weighted by atomic mass is 10.1. The number of nitrogens with zero attached hydrogens (tertiary/aromatic N) is 1. The Balaban J connectivity index is 2.13. The molecule has 0 aliphatic carbocycles. The van der Waals surface area contributed by atoms with E-state index < -0.39 is 0 Å². The molecule has 1 aromatic carbocycles. The second-order valence-corrected chi connectivity index (χ2v) is 4.29. The van der Waals surface area contributed by atoms with E-state index in [1.165, 1.54) is 6.92 Å². The first-order chi connectivity index (χ1) is 8.16. The molecule has 1 aromatic rings. The van der Waals surface area contributed by atoms with Crippen molar-refractivity contribution in [1.82, 2.24) is 4.90 Å². The van der Waals surface area contributed by atoms with Crippen LogP contribution in [0.1, 0.15) is 22.8 Å². The lowest BCUT2D eigenvalue weighted by Gasteiger charge is -2.26. The second-order valence-electron chi connectivity index (χ2n) is 4.29. The first kappa shape index (κ1) is 12.1. The Morgan fingerprint density at radius 3 is 2.76 bits per heavy atom. The van der Waals surface area contributed by atoms with Gasteiger partial charge < -0.3 is 9.84 Å². The summed E-state index contributed by atoms with van der Waals surface area (Å²) in [6.07, 6.45) is 0. The predicted octanol–water partition coefficient (Wildman–Crippen LogP) is 1.43. The number of hydrogen-bond donors (Lipinski definition) is 1. The zero-order valence-corrected chi connectivity index (χ0v) is 9.98. The van der Waals surface area contributed by atoms with Crippen LogP contribution in [0.15, 0.2) is 18.2 Å². The molecular formula is C13H17NO3. The third kappa shape index (κ3) is 3.05. The molecule has 17 heavy (non-hydrogen) atoms. The highest BCUT2D eigenvalue weighted by molar-refractivity contribution is 5.94. The van der Waals surface area contributed by atoms with Crippen molar-refractivity contribution in [3.8, 4) is 5.75 Å². The Morgan fingerprint density at radius 2 is 2.12 bits per heavy atom. The molecule has 0 radical (unpaired) electrons. The van der Waals surface area contributed by atoms with Crippen LogP contribution in [0, 0.1) is 0 Å². The number of phenols is 1. The molecule has 92 valence electrons. The van der Waals surface area contributed by atoms with Gasteiger partial charge in [0.15, 0.2) is 5.78 Å². The van der Waals surface area contributed by atoms with E-state index in [0.29, 0.717) is 12.1 Å². The van der Waals surface area contributed by atoms with Gasteiger partial charge in [-0.05, 0) is 25.1 Å². The van der Waals surface area contributed by atoms with Crippen molar-refractivity contribution in [3.63, 3.8) is 0 Å². The molecule has 0 saturated carbocycles. The second kappa shape index (κ2) is 5.29. The quantitative estimate of drug-likeness (QED) is 0.805. The zero-order valence-electron chi connectivity index (χ0n) is 9.98. The van der Waals surface area contributed by atoms with Crippen molar-refractivity contribution in [3.05, 3.63) is 29.3 Å². The van der Waals surface area contributed by atoms with Crippen LogP contribution in [-0.2, 0) is 11.3 Å². The number of morpholine rings is 1. The molecule has 1 fully saturated rings. The Morgan fingerprint density at radius 1 is 1.41 bits per heavy atom. The Hall–Kier alpha value is -1.39. The van der Waals surface area contributed by atoms with E-state index >= 15 is 0 Å². The summed E-state index contributed by atoms with van der Waals surface area (Å²) in [5.41, 5.74) is 1.45. The van der Waals surface area contributed by atoms with Gasteiger partial charge in [0.05, 0.1) is 13.2 Å². The standard InChI is InChI=1S/C13H17NO3/c1-10(15)11-2-3-13(16)12(8-11)9-14-4-6-17-7-5-14/h2-3,8,16H,4-7,9H2,1H3. The van der Waals surface area contributed by atoms with Crippen LogP contribution in [-0.4, -0.2) is 42.1 Å². The molecule has 0 aromatic heterocycles. The Labute approximate surface area is 101 Å². The maximum absolute atomic E-state index is 11.3. The van der Waals surface area contributed by atoms with Crippen molar-refractivity contribution in [2.45, 2.75) is 13.5 Å². The van der Waals surface area contributed by atoms with Crippen LogP contribution in [0.2, 0.25) is 0 Å². The number of aromatic hydroxyl groups is 1. The van der Waals surface area contributed by atoms with Crippen molar-refractivity contribution >= 4 is 5.78 Å². The number of carbonyl (C=O) groups excluding carboxylic acids is 1. The van der Waals surface area contributed by atoms with E-state index in [2.05, 4.69) is 4.90 Å². The molecule has 1 aliphatic rings. The molecule has 4 heteroatoms. The van der Waals surface area contributed by atoms with Gasteiger partial charge in [-0.15, -0.1) is 0 Å². The summed E-state index contributed by atoms with van der Waals surface area (Å²) in [6, 6.07) is 5.01. The van der Waals surface area contributed by atoms with Crippen LogP contribution in [0.25, 0.3) is 0 Å². The average Bonchev–Trinajstić information content (AvgIpc) is 2.33. The minimum absolute atomic E-state index is 0.0215. The van der Waals surface area contributed by atoms with Crippen LogP contribution >= 0.6 is 0 Å². The van der Waals surface area contributed by atoms with E-state index in [-0.39, 0.29) is 11.5 Å². The summed E-state index contributed by atoms with van der Waals surface area (Å²) in [5.74, 6) is 0.273. The highest BCUT2D eigenvalue weighted by Gasteiger charge is 2.13. The first-order valence-corrected chi connectivity index (χ1v) is 5.80. The van der Waals surface area contributed by atoms with E-state index in [1.54, 1.807) is 18.2 Å². The molecule has 0 bridgehead atoms. The fourth-order valence-corrected chi connectivity index (χ4v) is 1.93. The van der Waals surface area contributed by atoms with Gasteiger partial charge in [0.25, 0.3) is 0 Å². The number of benzene rings is 1. The van der Waals surface area contributed by atoms with Gasteiger partial charge >= 0.3 is 0 Å². The summed E-state index contributed by atoms with van der Waals surface area (Å²) >= 11 is 0. The van der Waals surface area contributed by atoms with Crippen LogP contribution in [0.4, 0.5) is 0 Å². The van der Waals surface area contributed by atoms with Gasteiger partial charge in [-0.3, -0.25) is 9.69 Å². The molecule has 0 atom stereocenters. The lowest BCUT2D eigenvalue weighted by Crippen LogP contribution is -2.35. The molecule has 2 rings (SSSR count). The molecule has 1 saturated heterocycles. The van der Waals surface area contributed by atoms with Crippen molar-refractivity contribution in [2.24, 2.45) is 0 Å². The topological polar surface area (TPSA) is 49.8 Å². The molecule has 0 spiro atoms. The van der Waals surface area contributed by atoms with Gasteiger partial charge in [-0.1, -0.05) is 0 Å². The van der Waals surface area contributed by atoms with Crippen molar-refractivity contribution < 1.29 is 14.6 Å². The van der Waals surface area contributed by atoms with Gasteiger partial charge in [-0.25, -0.2) is 0 Å². The van der Waals surface area contributed by atoms with Crippen LogP contribution in [0.3, 0.4) is 0 Å². The smallest absolute Gasteiger partial charge is 0.159 e. The number of rotatable bonds is 3. The molecule has 1 heterocycles. The number of phenolic OH excluding ortho intramolecular Hbond substituents is 1. The SMILES string of the molecule is CC(=O)c1ccc(O)c(CN2CCOCC2)c1. The average molecular weight is 235 g/mol.